The van der Waals surface area contributed by atoms with Crippen molar-refractivity contribution in [1.29, 1.82) is 0 Å². The summed E-state index contributed by atoms with van der Waals surface area (Å²) in [6.45, 7) is 3.99. The molecule has 3 heteroatoms. The van der Waals surface area contributed by atoms with E-state index in [0.717, 1.165) is 16.4 Å². The molecule has 15 heavy (non-hydrogen) atoms. The lowest BCUT2D eigenvalue weighted by atomic mass is 10.2. The lowest BCUT2D eigenvalue weighted by molar-refractivity contribution is 0.732. The monoisotopic (exact) mass is 220 g/mol. The maximum Gasteiger partial charge on any atom is 0.123 e. The zero-order chi connectivity index (χ0) is 10.8. The molecular formula is C12H13ClN2. The minimum Gasteiger partial charge on any atom is -0.309 e. The normalized spacial score (nSPS) is 21.0. The molecule has 0 aromatic heterocycles. The number of hydrogen-bond donors (Lipinski definition) is 0. The van der Waals surface area contributed by atoms with Crippen molar-refractivity contribution in [3.63, 3.8) is 0 Å². The van der Waals surface area contributed by atoms with Crippen molar-refractivity contribution >= 4 is 23.5 Å². The summed E-state index contributed by atoms with van der Waals surface area (Å²) >= 11 is 6.28. The van der Waals surface area contributed by atoms with Gasteiger partial charge in [0.25, 0.3) is 0 Å². The molecule has 0 aliphatic carbocycles. The molecule has 1 aromatic carbocycles. The largest absolute Gasteiger partial charge is 0.309 e. The number of hydrogen-bond acceptors (Lipinski definition) is 2. The van der Waals surface area contributed by atoms with Gasteiger partial charge in [-0.05, 0) is 26.0 Å². The van der Waals surface area contributed by atoms with Gasteiger partial charge in [-0.15, -0.1) is 0 Å². The standard InChI is InChI=1S/C12H13ClN2/c1-9-8-14-10(2)15(12(9)13)11-6-4-3-5-7-11/h3-8,10H,1-2H3. The topological polar surface area (TPSA) is 15.6 Å². The molecule has 1 unspecified atom stereocenters. The molecule has 0 saturated heterocycles. The van der Waals surface area contributed by atoms with Crippen LogP contribution in [0.3, 0.4) is 0 Å². The van der Waals surface area contributed by atoms with Crippen molar-refractivity contribution in [3.05, 3.63) is 41.1 Å². The number of halogens is 1. The minimum atomic E-state index is 0.0589. The molecule has 78 valence electrons. The molecule has 2 rings (SSSR count). The van der Waals surface area contributed by atoms with E-state index in [2.05, 4.69) is 4.99 Å². The Bertz CT molecular complexity index is 409. The first-order chi connectivity index (χ1) is 7.20. The average Bonchev–Trinajstić information content (AvgIpc) is 2.26. The van der Waals surface area contributed by atoms with E-state index in [9.17, 15) is 0 Å². The van der Waals surface area contributed by atoms with Crippen LogP contribution < -0.4 is 4.90 Å². The van der Waals surface area contributed by atoms with E-state index in [1.165, 1.54) is 0 Å². The fourth-order valence-corrected chi connectivity index (χ4v) is 1.90. The predicted octanol–water partition coefficient (Wildman–Crippen LogP) is 3.39. The van der Waals surface area contributed by atoms with Gasteiger partial charge < -0.3 is 4.90 Å². The average molecular weight is 221 g/mol. The number of para-hydroxylation sites is 1. The Morgan fingerprint density at radius 2 is 1.93 bits per heavy atom. The van der Waals surface area contributed by atoms with E-state index in [0.29, 0.717) is 0 Å². The first-order valence-electron chi connectivity index (χ1n) is 4.94. The minimum absolute atomic E-state index is 0.0589. The number of allylic oxidation sites excluding steroid dienone is 1. The number of nitrogens with zero attached hydrogens (tertiary/aromatic N) is 2. The summed E-state index contributed by atoms with van der Waals surface area (Å²) in [6, 6.07) is 10.1. The third-order valence-corrected chi connectivity index (χ3v) is 2.91. The SMILES string of the molecule is CC1=C(Cl)N(c2ccccc2)C(C)N=C1. The zero-order valence-electron chi connectivity index (χ0n) is 8.81. The van der Waals surface area contributed by atoms with Gasteiger partial charge >= 0.3 is 0 Å². The van der Waals surface area contributed by atoms with Crippen molar-refractivity contribution in [3.8, 4) is 0 Å². The summed E-state index contributed by atoms with van der Waals surface area (Å²) in [6.07, 6.45) is 1.88. The van der Waals surface area contributed by atoms with Gasteiger partial charge in [0.2, 0.25) is 0 Å². The molecule has 1 atom stereocenters. The number of aliphatic imine (C=N–C) groups is 1. The van der Waals surface area contributed by atoms with Gasteiger partial charge in [-0.25, -0.2) is 0 Å². The fraction of sp³-hybridized carbons (Fsp3) is 0.250. The second kappa shape index (κ2) is 4.07. The highest BCUT2D eigenvalue weighted by molar-refractivity contribution is 6.33. The van der Waals surface area contributed by atoms with Crippen LogP contribution in [-0.4, -0.2) is 12.4 Å². The van der Waals surface area contributed by atoms with Crippen LogP contribution in [0, 0.1) is 0 Å². The maximum absolute atomic E-state index is 6.28. The van der Waals surface area contributed by atoms with E-state index >= 15 is 0 Å². The molecule has 2 nitrogen and oxygen atoms in total. The van der Waals surface area contributed by atoms with E-state index in [1.807, 2.05) is 55.3 Å². The van der Waals surface area contributed by atoms with Crippen molar-refractivity contribution in [2.45, 2.75) is 20.0 Å². The Morgan fingerprint density at radius 1 is 1.27 bits per heavy atom. The highest BCUT2D eigenvalue weighted by Gasteiger charge is 2.20. The van der Waals surface area contributed by atoms with Gasteiger partial charge in [0.05, 0.1) is 0 Å². The van der Waals surface area contributed by atoms with Gasteiger partial charge in [0.15, 0.2) is 0 Å². The van der Waals surface area contributed by atoms with Gasteiger partial charge in [0.1, 0.15) is 11.3 Å². The highest BCUT2D eigenvalue weighted by atomic mass is 35.5. The number of benzene rings is 1. The summed E-state index contributed by atoms with van der Waals surface area (Å²) in [5, 5.41) is 0.753. The Hall–Kier alpha value is -1.28. The van der Waals surface area contributed by atoms with Crippen molar-refractivity contribution < 1.29 is 0 Å². The van der Waals surface area contributed by atoms with Crippen LogP contribution in [0.15, 0.2) is 46.1 Å². The van der Waals surface area contributed by atoms with Crippen LogP contribution in [0.4, 0.5) is 5.69 Å². The van der Waals surface area contributed by atoms with Crippen LogP contribution in [0.2, 0.25) is 0 Å². The van der Waals surface area contributed by atoms with Crippen LogP contribution in [-0.2, 0) is 0 Å². The van der Waals surface area contributed by atoms with Crippen molar-refractivity contribution in [2.75, 3.05) is 4.90 Å². The number of anilines is 1. The molecular weight excluding hydrogens is 208 g/mol. The smallest absolute Gasteiger partial charge is 0.123 e. The third kappa shape index (κ3) is 1.90. The van der Waals surface area contributed by atoms with Crippen LogP contribution in [0.5, 0.6) is 0 Å². The molecule has 1 heterocycles. The third-order valence-electron chi connectivity index (χ3n) is 2.43. The summed E-state index contributed by atoms with van der Waals surface area (Å²) in [5.74, 6) is 0. The molecule has 1 aliphatic heterocycles. The van der Waals surface area contributed by atoms with Crippen molar-refractivity contribution in [1.82, 2.24) is 0 Å². The quantitative estimate of drug-likeness (QED) is 0.663. The van der Waals surface area contributed by atoms with Crippen LogP contribution in [0.25, 0.3) is 0 Å². The zero-order valence-corrected chi connectivity index (χ0v) is 9.57. The van der Waals surface area contributed by atoms with Gasteiger partial charge in [-0.1, -0.05) is 29.8 Å². The summed E-state index contributed by atoms with van der Waals surface area (Å²) in [5.41, 5.74) is 2.07. The number of rotatable bonds is 1. The first-order valence-corrected chi connectivity index (χ1v) is 5.32. The van der Waals surface area contributed by atoms with E-state index in [-0.39, 0.29) is 6.17 Å². The van der Waals surface area contributed by atoms with Gasteiger partial charge in [0, 0.05) is 17.5 Å². The summed E-state index contributed by atoms with van der Waals surface area (Å²) < 4.78 is 0. The lowest BCUT2D eigenvalue weighted by Crippen LogP contribution is -2.32. The highest BCUT2D eigenvalue weighted by Crippen LogP contribution is 2.28. The van der Waals surface area contributed by atoms with E-state index < -0.39 is 0 Å². The van der Waals surface area contributed by atoms with E-state index in [4.69, 9.17) is 11.6 Å². The molecule has 0 N–H and O–H groups in total. The molecule has 0 radical (unpaired) electrons. The predicted molar refractivity (Wildman–Crippen MR) is 65.4 cm³/mol. The lowest BCUT2D eigenvalue weighted by Gasteiger charge is -2.31. The van der Waals surface area contributed by atoms with Gasteiger partial charge in [-0.2, -0.15) is 0 Å². The summed E-state index contributed by atoms with van der Waals surface area (Å²) in [4.78, 5) is 6.40. The van der Waals surface area contributed by atoms with Gasteiger partial charge in [-0.3, -0.25) is 4.99 Å². The fourth-order valence-electron chi connectivity index (χ4n) is 1.61. The Balaban J connectivity index is 2.41. The van der Waals surface area contributed by atoms with E-state index in [1.54, 1.807) is 0 Å². The molecule has 0 bridgehead atoms. The maximum atomic E-state index is 6.28. The molecule has 1 aromatic rings. The molecule has 0 spiro atoms. The Kier molecular flexibility index (Phi) is 2.78. The summed E-state index contributed by atoms with van der Waals surface area (Å²) in [7, 11) is 0. The molecule has 1 aliphatic rings. The molecule has 0 amide bonds. The second-order valence-corrected chi connectivity index (χ2v) is 3.95. The molecule has 0 fully saturated rings. The Morgan fingerprint density at radius 3 is 2.60 bits per heavy atom. The van der Waals surface area contributed by atoms with Crippen LogP contribution >= 0.6 is 11.6 Å². The Labute approximate surface area is 94.9 Å². The van der Waals surface area contributed by atoms with Crippen LogP contribution in [0.1, 0.15) is 13.8 Å². The molecule has 0 saturated carbocycles. The van der Waals surface area contributed by atoms with Crippen molar-refractivity contribution in [2.24, 2.45) is 4.99 Å². The second-order valence-electron chi connectivity index (χ2n) is 3.59. The first kappa shape index (κ1) is 10.2.